The normalized spacial score (nSPS) is 33.2. The Morgan fingerprint density at radius 3 is 2.42 bits per heavy atom. The van der Waals surface area contributed by atoms with E-state index in [0.29, 0.717) is 6.42 Å². The van der Waals surface area contributed by atoms with Crippen LogP contribution in [-0.4, -0.2) is 83.5 Å². The molecule has 0 radical (unpaired) electrons. The van der Waals surface area contributed by atoms with Crippen LogP contribution in [0.25, 0.3) is 0 Å². The van der Waals surface area contributed by atoms with Gasteiger partial charge in [-0.05, 0) is 32.1 Å². The number of alkyl halides is 2. The Balaban J connectivity index is 2.44. The van der Waals surface area contributed by atoms with Crippen LogP contribution < -0.4 is 27.0 Å². The van der Waals surface area contributed by atoms with Gasteiger partial charge in [0.1, 0.15) is 35.8 Å². The maximum Gasteiger partial charge on any atom is 0.329 e. The highest BCUT2D eigenvalue weighted by atomic mass is 19.3. The fraction of sp³-hybridized carbons (Fsp3) is 0.773. The molecule has 7 N–H and O–H groups in total. The molecule has 2 fully saturated rings. The van der Waals surface area contributed by atoms with Crippen molar-refractivity contribution in [2.75, 3.05) is 6.61 Å². The number of nitrogens with two attached hydrogens (primary N) is 1. The van der Waals surface area contributed by atoms with E-state index in [-0.39, 0.29) is 6.42 Å². The Hall–Kier alpha value is -2.87. The Morgan fingerprint density at radius 1 is 1.22 bits per heavy atom. The van der Waals surface area contributed by atoms with Gasteiger partial charge in [-0.25, -0.2) is 13.6 Å². The van der Waals surface area contributed by atoms with Gasteiger partial charge in [-0.2, -0.15) is 0 Å². The molecule has 2 rings (SSSR count). The first-order valence-corrected chi connectivity index (χ1v) is 11.9. The molecule has 1 saturated heterocycles. The Morgan fingerprint density at radius 2 is 1.86 bits per heavy atom. The smallest absolute Gasteiger partial charge is 0.329 e. The van der Waals surface area contributed by atoms with Crippen LogP contribution in [0.1, 0.15) is 47.0 Å². The molecule has 2 aliphatic rings. The highest BCUT2D eigenvalue weighted by molar-refractivity contribution is 5.99. The van der Waals surface area contributed by atoms with Gasteiger partial charge in [0.2, 0.25) is 30.1 Å². The van der Waals surface area contributed by atoms with E-state index in [1.54, 1.807) is 13.8 Å². The number of esters is 1. The molecule has 0 aromatic carbocycles. The summed E-state index contributed by atoms with van der Waals surface area (Å²) in [6, 6.07) is -5.32. The summed E-state index contributed by atoms with van der Waals surface area (Å²) in [5, 5.41) is 18.8. The number of carbonyl (C=O) groups excluding carboxylic acids is 5. The lowest BCUT2D eigenvalue weighted by Crippen LogP contribution is -2.60. The Bertz CT molecular complexity index is 876. The van der Waals surface area contributed by atoms with E-state index in [2.05, 4.69) is 21.3 Å². The lowest BCUT2D eigenvalue weighted by molar-refractivity contribution is -0.157. The second kappa shape index (κ2) is 11.9. The van der Waals surface area contributed by atoms with Crippen molar-refractivity contribution in [3.63, 3.8) is 0 Å². The Kier molecular flexibility index (Phi) is 9.71. The predicted molar refractivity (Wildman–Crippen MR) is 121 cm³/mol. The first kappa shape index (κ1) is 29.4. The topological polar surface area (TPSA) is 189 Å². The zero-order valence-electron chi connectivity index (χ0n) is 20.7. The predicted octanol–water partition coefficient (Wildman–Crippen LogP) is -1.70. The number of carbonyl (C=O) groups is 5. The number of amides is 4. The number of hydrogen-bond donors (Lipinski definition) is 6. The van der Waals surface area contributed by atoms with Gasteiger partial charge in [-0.15, -0.1) is 0 Å². The zero-order valence-corrected chi connectivity index (χ0v) is 20.7. The molecule has 0 unspecified atom stereocenters. The molecule has 0 bridgehead atoms. The van der Waals surface area contributed by atoms with Gasteiger partial charge in [-0.1, -0.05) is 20.3 Å². The van der Waals surface area contributed by atoms with Crippen molar-refractivity contribution in [3.05, 3.63) is 0 Å². The lowest BCUT2D eigenvalue weighted by Gasteiger charge is -2.29. The maximum atomic E-state index is 13.2. The fourth-order valence-corrected chi connectivity index (χ4v) is 4.02. The van der Waals surface area contributed by atoms with Gasteiger partial charge in [0.25, 0.3) is 0 Å². The van der Waals surface area contributed by atoms with Gasteiger partial charge in [0, 0.05) is 6.42 Å². The summed E-state index contributed by atoms with van der Waals surface area (Å²) >= 11 is 0. The zero-order chi connectivity index (χ0) is 27.4. The van der Waals surface area contributed by atoms with Crippen molar-refractivity contribution >= 4 is 29.6 Å². The summed E-state index contributed by atoms with van der Waals surface area (Å²) in [5.74, 6) is -5.65. The number of hydrogen-bond acceptors (Lipinski definition) is 8. The number of cyclic esters (lactones) is 1. The molecular weight excluding hydrogens is 484 g/mol. The summed E-state index contributed by atoms with van der Waals surface area (Å²) in [7, 11) is 0. The van der Waals surface area contributed by atoms with Crippen LogP contribution in [-0.2, 0) is 28.7 Å². The van der Waals surface area contributed by atoms with Gasteiger partial charge in [0.05, 0.1) is 6.61 Å². The van der Waals surface area contributed by atoms with Crippen LogP contribution in [0.5, 0.6) is 0 Å². The summed E-state index contributed by atoms with van der Waals surface area (Å²) < 4.78 is 31.6. The highest BCUT2D eigenvalue weighted by Crippen LogP contribution is 2.47. The number of aliphatic hydroxyl groups excluding tert-OH is 1. The second-order valence-electron chi connectivity index (χ2n) is 9.47. The minimum Gasteiger partial charge on any atom is -0.458 e. The molecule has 36 heavy (non-hydrogen) atoms. The first-order chi connectivity index (χ1) is 16.8. The highest BCUT2D eigenvalue weighted by Gasteiger charge is 2.62. The molecule has 0 aromatic rings. The van der Waals surface area contributed by atoms with E-state index >= 15 is 0 Å². The maximum absolute atomic E-state index is 13.2. The molecule has 1 heterocycles. The lowest BCUT2D eigenvalue weighted by atomic mass is 9.98. The molecular formula is C22H35F2N5O7. The van der Waals surface area contributed by atoms with Crippen LogP contribution in [0, 0.1) is 11.8 Å². The van der Waals surface area contributed by atoms with Crippen molar-refractivity contribution < 1.29 is 42.6 Å². The van der Waals surface area contributed by atoms with E-state index < -0.39 is 96.7 Å². The molecule has 12 nitrogen and oxygen atoms in total. The summed E-state index contributed by atoms with van der Waals surface area (Å²) in [5.41, 5.74) is 3.84. The standard InChI is InChI=1S/C22H35F2N5O7/c1-5-9(2)15-20(34)36-11(4)16(27-18(32)13(25)8-30)19(33)26-10(3)17(31)29-22(21(35)28-15)7-12(22)6-14(23)24/h9-16,30H,5-8,25H2,1-4H3,(H,26,33)(H,27,32)(H,28,35)(H,29,31)/t9-,10-,11-,12+,13-,15-,16+,22+/m0/s1. The third kappa shape index (κ3) is 6.66. The second-order valence-corrected chi connectivity index (χ2v) is 9.47. The van der Waals surface area contributed by atoms with Crippen molar-refractivity contribution in [1.82, 2.24) is 21.3 Å². The Labute approximate surface area is 207 Å². The van der Waals surface area contributed by atoms with Crippen molar-refractivity contribution in [2.45, 2.75) is 89.2 Å². The summed E-state index contributed by atoms with van der Waals surface area (Å²) in [6.45, 7) is 5.35. The first-order valence-electron chi connectivity index (χ1n) is 11.9. The number of halogens is 2. The van der Waals surface area contributed by atoms with Gasteiger partial charge in [-0.3, -0.25) is 19.2 Å². The fourth-order valence-electron chi connectivity index (χ4n) is 4.02. The van der Waals surface area contributed by atoms with Crippen LogP contribution in [0.3, 0.4) is 0 Å². The minimum absolute atomic E-state index is 0.0635. The number of nitrogens with one attached hydrogen (secondary N) is 4. The van der Waals surface area contributed by atoms with Crippen LogP contribution >= 0.6 is 0 Å². The SMILES string of the molecule is CC[C@H](C)[C@@H]1NC(=O)[C@]2(C[C@H]2CC(F)F)NC(=O)[C@H](C)NC(=O)[C@H](NC(=O)[C@@H](N)CO)[C@H](C)OC1=O. The van der Waals surface area contributed by atoms with Gasteiger partial charge in [0.15, 0.2) is 0 Å². The van der Waals surface area contributed by atoms with Crippen LogP contribution in [0.2, 0.25) is 0 Å². The van der Waals surface area contributed by atoms with Crippen LogP contribution in [0.4, 0.5) is 8.78 Å². The molecule has 8 atom stereocenters. The van der Waals surface area contributed by atoms with E-state index in [0.717, 1.165) is 0 Å². The molecule has 1 aliphatic carbocycles. The van der Waals surface area contributed by atoms with E-state index in [4.69, 9.17) is 15.6 Å². The monoisotopic (exact) mass is 519 g/mol. The third-order valence-electron chi connectivity index (χ3n) is 6.71. The van der Waals surface area contributed by atoms with E-state index in [1.165, 1.54) is 13.8 Å². The van der Waals surface area contributed by atoms with Gasteiger partial charge < -0.3 is 36.8 Å². The average Bonchev–Trinajstić information content (AvgIpc) is 3.50. The number of ether oxygens (including phenoxy) is 1. The van der Waals surface area contributed by atoms with Crippen molar-refractivity contribution in [1.29, 1.82) is 0 Å². The largest absolute Gasteiger partial charge is 0.458 e. The molecule has 204 valence electrons. The molecule has 1 aliphatic heterocycles. The minimum atomic E-state index is -2.72. The van der Waals surface area contributed by atoms with Crippen molar-refractivity contribution in [2.24, 2.45) is 17.6 Å². The molecule has 1 spiro atoms. The average molecular weight is 520 g/mol. The molecule has 4 amide bonds. The van der Waals surface area contributed by atoms with Gasteiger partial charge >= 0.3 is 5.97 Å². The van der Waals surface area contributed by atoms with E-state index in [1.807, 2.05) is 0 Å². The quantitative estimate of drug-likeness (QED) is 0.215. The summed E-state index contributed by atoms with van der Waals surface area (Å²) in [6.07, 6.45) is -4.26. The number of rotatable bonds is 7. The van der Waals surface area contributed by atoms with E-state index in [9.17, 15) is 32.8 Å². The molecule has 1 saturated carbocycles. The summed E-state index contributed by atoms with van der Waals surface area (Å²) in [4.78, 5) is 64.4. The third-order valence-corrected chi connectivity index (χ3v) is 6.71. The van der Waals surface area contributed by atoms with Crippen molar-refractivity contribution in [3.8, 4) is 0 Å². The molecule has 0 aromatic heterocycles. The molecule has 14 heteroatoms. The van der Waals surface area contributed by atoms with Crippen LogP contribution in [0.15, 0.2) is 0 Å². The number of aliphatic hydroxyl groups is 1.